The first-order valence-corrected chi connectivity index (χ1v) is 9.14. The quantitative estimate of drug-likeness (QED) is 0.895. The normalized spacial score (nSPS) is 17.1. The molecular formula is C20H24N4O2. The number of piperazine rings is 1. The minimum atomic E-state index is 0.00353. The molecule has 2 heterocycles. The molecule has 0 atom stereocenters. The number of nitrogens with one attached hydrogen (secondary N) is 1. The minimum absolute atomic E-state index is 0.00353. The molecule has 1 saturated heterocycles. The highest BCUT2D eigenvalue weighted by Crippen LogP contribution is 2.29. The summed E-state index contributed by atoms with van der Waals surface area (Å²) in [6.45, 7) is 3.50. The van der Waals surface area contributed by atoms with Crippen LogP contribution in [0.25, 0.3) is 0 Å². The van der Waals surface area contributed by atoms with Gasteiger partial charge in [0.1, 0.15) is 11.6 Å². The first-order chi connectivity index (χ1) is 12.7. The number of hydrogen-bond acceptors (Lipinski definition) is 5. The molecule has 0 bridgehead atoms. The van der Waals surface area contributed by atoms with Crippen molar-refractivity contribution >= 4 is 17.4 Å². The van der Waals surface area contributed by atoms with E-state index in [4.69, 9.17) is 4.74 Å². The van der Waals surface area contributed by atoms with Crippen molar-refractivity contribution in [2.45, 2.75) is 18.9 Å². The highest BCUT2D eigenvalue weighted by molar-refractivity contribution is 5.95. The lowest BCUT2D eigenvalue weighted by Crippen LogP contribution is -2.47. The molecule has 0 spiro atoms. The van der Waals surface area contributed by atoms with Crippen molar-refractivity contribution in [1.29, 1.82) is 0 Å². The van der Waals surface area contributed by atoms with Crippen molar-refractivity contribution in [1.82, 2.24) is 10.3 Å². The van der Waals surface area contributed by atoms with E-state index in [1.54, 1.807) is 19.4 Å². The summed E-state index contributed by atoms with van der Waals surface area (Å²) >= 11 is 0. The van der Waals surface area contributed by atoms with Gasteiger partial charge in [-0.1, -0.05) is 12.1 Å². The number of anilines is 2. The number of methoxy groups -OCH3 is 1. The van der Waals surface area contributed by atoms with Gasteiger partial charge < -0.3 is 19.9 Å². The van der Waals surface area contributed by atoms with Gasteiger partial charge in [0, 0.05) is 44.0 Å². The van der Waals surface area contributed by atoms with Crippen LogP contribution in [0.15, 0.2) is 42.6 Å². The molecule has 6 nitrogen and oxygen atoms in total. The minimum Gasteiger partial charge on any atom is -0.495 e. The van der Waals surface area contributed by atoms with Crippen LogP contribution in [0.4, 0.5) is 11.5 Å². The highest BCUT2D eigenvalue weighted by Gasteiger charge is 2.25. The number of carbonyl (C=O) groups is 1. The lowest BCUT2D eigenvalue weighted by Gasteiger charge is -2.37. The molecule has 1 aromatic carbocycles. The van der Waals surface area contributed by atoms with Gasteiger partial charge in [-0.15, -0.1) is 0 Å². The Morgan fingerprint density at radius 1 is 1.12 bits per heavy atom. The van der Waals surface area contributed by atoms with E-state index in [9.17, 15) is 4.79 Å². The summed E-state index contributed by atoms with van der Waals surface area (Å²) in [7, 11) is 1.71. The fourth-order valence-electron chi connectivity index (χ4n) is 3.30. The zero-order valence-corrected chi connectivity index (χ0v) is 15.0. The summed E-state index contributed by atoms with van der Waals surface area (Å²) in [4.78, 5) is 21.3. The van der Waals surface area contributed by atoms with Crippen LogP contribution in [0, 0.1) is 0 Å². The third-order valence-electron chi connectivity index (χ3n) is 4.95. The number of hydrogen-bond donors (Lipinski definition) is 1. The van der Waals surface area contributed by atoms with Gasteiger partial charge in [0.25, 0.3) is 5.91 Å². The number of nitrogens with zero attached hydrogens (tertiary/aromatic N) is 3. The van der Waals surface area contributed by atoms with E-state index in [0.717, 1.165) is 56.3 Å². The Hall–Kier alpha value is -2.76. The number of ether oxygens (including phenoxy) is 1. The third-order valence-corrected chi connectivity index (χ3v) is 4.95. The van der Waals surface area contributed by atoms with E-state index in [1.165, 1.54) is 0 Å². The van der Waals surface area contributed by atoms with Crippen LogP contribution in [-0.4, -0.2) is 50.2 Å². The molecule has 136 valence electrons. The van der Waals surface area contributed by atoms with Crippen LogP contribution >= 0.6 is 0 Å². The molecule has 1 aromatic heterocycles. The Kier molecular flexibility index (Phi) is 4.65. The van der Waals surface area contributed by atoms with Crippen LogP contribution in [-0.2, 0) is 0 Å². The van der Waals surface area contributed by atoms with Gasteiger partial charge in [-0.3, -0.25) is 4.79 Å². The molecular weight excluding hydrogens is 328 g/mol. The van der Waals surface area contributed by atoms with Gasteiger partial charge in [-0.25, -0.2) is 4.98 Å². The van der Waals surface area contributed by atoms with Crippen molar-refractivity contribution < 1.29 is 9.53 Å². The fraction of sp³-hybridized carbons (Fsp3) is 0.400. The summed E-state index contributed by atoms with van der Waals surface area (Å²) < 4.78 is 5.48. The third kappa shape index (κ3) is 3.59. The molecule has 2 aromatic rings. The van der Waals surface area contributed by atoms with Gasteiger partial charge >= 0.3 is 0 Å². The van der Waals surface area contributed by atoms with Crippen LogP contribution in [0.5, 0.6) is 5.75 Å². The number of rotatable bonds is 5. The average molecular weight is 352 g/mol. The van der Waals surface area contributed by atoms with Gasteiger partial charge in [0.2, 0.25) is 0 Å². The monoisotopic (exact) mass is 352 g/mol. The number of aromatic nitrogens is 1. The van der Waals surface area contributed by atoms with Crippen molar-refractivity contribution in [3.63, 3.8) is 0 Å². The Labute approximate surface area is 153 Å². The maximum absolute atomic E-state index is 12.3. The predicted molar refractivity (Wildman–Crippen MR) is 102 cm³/mol. The van der Waals surface area contributed by atoms with Gasteiger partial charge in [0.15, 0.2) is 0 Å². The molecule has 4 rings (SSSR count). The molecule has 26 heavy (non-hydrogen) atoms. The van der Waals surface area contributed by atoms with Crippen LogP contribution in [0.3, 0.4) is 0 Å². The van der Waals surface area contributed by atoms with E-state index in [2.05, 4.69) is 26.2 Å². The Balaban J connectivity index is 1.42. The SMILES string of the molecule is COc1ccccc1N1CCN(c2cc(C(=O)NC3CC3)ccn2)CC1. The van der Waals surface area contributed by atoms with Gasteiger partial charge in [-0.05, 0) is 37.1 Å². The van der Waals surface area contributed by atoms with E-state index < -0.39 is 0 Å². The molecule has 1 saturated carbocycles. The molecule has 2 fully saturated rings. The lowest BCUT2D eigenvalue weighted by molar-refractivity contribution is 0.0951. The highest BCUT2D eigenvalue weighted by atomic mass is 16.5. The maximum Gasteiger partial charge on any atom is 0.251 e. The second-order valence-electron chi connectivity index (χ2n) is 6.80. The largest absolute Gasteiger partial charge is 0.495 e. The number of benzene rings is 1. The standard InChI is InChI=1S/C20H24N4O2/c1-26-18-5-3-2-4-17(18)23-10-12-24(13-11-23)19-14-15(8-9-21-19)20(25)22-16-6-7-16/h2-5,8-9,14,16H,6-7,10-13H2,1H3,(H,22,25). The summed E-state index contributed by atoms with van der Waals surface area (Å²) in [5.74, 6) is 1.77. The van der Waals surface area contributed by atoms with Crippen molar-refractivity contribution in [3.05, 3.63) is 48.2 Å². The molecule has 2 aliphatic rings. The Bertz CT molecular complexity index is 783. The van der Waals surface area contributed by atoms with Gasteiger partial charge in [-0.2, -0.15) is 0 Å². The van der Waals surface area contributed by atoms with Gasteiger partial charge in [0.05, 0.1) is 12.8 Å². The van der Waals surface area contributed by atoms with Crippen molar-refractivity contribution in [3.8, 4) is 5.75 Å². The van der Waals surface area contributed by atoms with E-state index in [0.29, 0.717) is 11.6 Å². The molecule has 1 aliphatic heterocycles. The number of para-hydroxylation sites is 2. The van der Waals surface area contributed by atoms with Crippen LogP contribution in [0.1, 0.15) is 23.2 Å². The Morgan fingerprint density at radius 2 is 1.85 bits per heavy atom. The number of pyridine rings is 1. The first kappa shape index (κ1) is 16.7. The summed E-state index contributed by atoms with van der Waals surface area (Å²) in [6.07, 6.45) is 3.91. The average Bonchev–Trinajstić information content (AvgIpc) is 3.52. The zero-order valence-electron chi connectivity index (χ0n) is 15.0. The Morgan fingerprint density at radius 3 is 2.58 bits per heavy atom. The fourth-order valence-corrected chi connectivity index (χ4v) is 3.30. The second-order valence-corrected chi connectivity index (χ2v) is 6.80. The number of amides is 1. The van der Waals surface area contributed by atoms with E-state index in [1.807, 2.05) is 24.3 Å². The van der Waals surface area contributed by atoms with E-state index >= 15 is 0 Å². The predicted octanol–water partition coefficient (Wildman–Crippen LogP) is 2.31. The van der Waals surface area contributed by atoms with Crippen LogP contribution in [0.2, 0.25) is 0 Å². The topological polar surface area (TPSA) is 57.7 Å². The summed E-state index contributed by atoms with van der Waals surface area (Å²) in [5, 5.41) is 3.03. The first-order valence-electron chi connectivity index (χ1n) is 9.14. The van der Waals surface area contributed by atoms with Crippen molar-refractivity contribution in [2.24, 2.45) is 0 Å². The molecule has 1 aliphatic carbocycles. The molecule has 0 unspecified atom stereocenters. The molecule has 1 N–H and O–H groups in total. The molecule has 6 heteroatoms. The molecule has 1 amide bonds. The summed E-state index contributed by atoms with van der Waals surface area (Å²) in [5.41, 5.74) is 1.81. The van der Waals surface area contributed by atoms with E-state index in [-0.39, 0.29) is 5.91 Å². The number of carbonyl (C=O) groups excluding carboxylic acids is 1. The zero-order chi connectivity index (χ0) is 17.9. The van der Waals surface area contributed by atoms with Crippen LogP contribution < -0.4 is 19.9 Å². The lowest BCUT2D eigenvalue weighted by atomic mass is 10.2. The smallest absolute Gasteiger partial charge is 0.251 e. The molecule has 0 radical (unpaired) electrons. The summed E-state index contributed by atoms with van der Waals surface area (Å²) in [6, 6.07) is 12.2. The maximum atomic E-state index is 12.3. The second kappa shape index (κ2) is 7.23. The van der Waals surface area contributed by atoms with Crippen molar-refractivity contribution in [2.75, 3.05) is 43.1 Å².